The van der Waals surface area contributed by atoms with E-state index in [1.165, 1.54) is 0 Å². The molecular weight excluding hydrogens is 338 g/mol. The van der Waals surface area contributed by atoms with E-state index >= 15 is 0 Å². The standard InChI is InChI=1S/C19H28BClO4/c1-16(2)17(3,4)23-15(22-16)13-11-12(9-10-14(13)21)20-24-18(5,6)19(7,8)25-20/h9-11,15H,1-8H3. The summed E-state index contributed by atoms with van der Waals surface area (Å²) in [6.07, 6.45) is -0.514. The number of halogens is 1. The minimum atomic E-state index is -0.514. The van der Waals surface area contributed by atoms with E-state index in [1.54, 1.807) is 0 Å². The fraction of sp³-hybridized carbons (Fsp3) is 0.684. The maximum atomic E-state index is 6.44. The van der Waals surface area contributed by atoms with Gasteiger partial charge in [-0.25, -0.2) is 0 Å². The van der Waals surface area contributed by atoms with E-state index in [9.17, 15) is 0 Å². The largest absolute Gasteiger partial charge is 0.494 e. The molecule has 0 aliphatic carbocycles. The fourth-order valence-corrected chi connectivity index (χ4v) is 3.05. The Labute approximate surface area is 156 Å². The van der Waals surface area contributed by atoms with Gasteiger partial charge in [0.05, 0.1) is 22.4 Å². The third kappa shape index (κ3) is 3.15. The first kappa shape index (κ1) is 19.2. The Morgan fingerprint density at radius 3 is 1.76 bits per heavy atom. The quantitative estimate of drug-likeness (QED) is 0.734. The Balaban J connectivity index is 1.91. The fourth-order valence-electron chi connectivity index (χ4n) is 2.84. The maximum absolute atomic E-state index is 6.44. The Kier molecular flexibility index (Phi) is 4.38. The highest BCUT2D eigenvalue weighted by molar-refractivity contribution is 6.62. The van der Waals surface area contributed by atoms with Crippen LogP contribution in [0.2, 0.25) is 5.02 Å². The summed E-state index contributed by atoms with van der Waals surface area (Å²) in [4.78, 5) is 0. The lowest BCUT2D eigenvalue weighted by Crippen LogP contribution is -2.41. The lowest BCUT2D eigenvalue weighted by molar-refractivity contribution is -0.0894. The zero-order chi connectivity index (χ0) is 18.8. The van der Waals surface area contributed by atoms with Crippen molar-refractivity contribution in [2.75, 3.05) is 0 Å². The average molecular weight is 367 g/mol. The predicted octanol–water partition coefficient (Wildman–Crippen LogP) is 4.24. The van der Waals surface area contributed by atoms with Crippen LogP contribution in [0.3, 0.4) is 0 Å². The molecule has 2 aliphatic heterocycles. The van der Waals surface area contributed by atoms with Gasteiger partial charge in [-0.05, 0) is 66.9 Å². The van der Waals surface area contributed by atoms with Crippen LogP contribution in [0.25, 0.3) is 0 Å². The molecule has 0 aromatic heterocycles. The Morgan fingerprint density at radius 2 is 1.28 bits per heavy atom. The summed E-state index contributed by atoms with van der Waals surface area (Å²) in [5, 5.41) is 0.610. The molecule has 0 N–H and O–H groups in total. The van der Waals surface area contributed by atoms with Crippen molar-refractivity contribution < 1.29 is 18.8 Å². The van der Waals surface area contributed by atoms with E-state index in [0.29, 0.717) is 5.02 Å². The van der Waals surface area contributed by atoms with Gasteiger partial charge in [0.2, 0.25) is 0 Å². The van der Waals surface area contributed by atoms with Crippen molar-refractivity contribution in [1.82, 2.24) is 0 Å². The second-order valence-electron chi connectivity index (χ2n) is 8.96. The lowest BCUT2D eigenvalue weighted by Gasteiger charge is -2.32. The molecule has 0 atom stereocenters. The molecule has 6 heteroatoms. The van der Waals surface area contributed by atoms with Gasteiger partial charge in [0.15, 0.2) is 6.29 Å². The smallest absolute Gasteiger partial charge is 0.399 e. The van der Waals surface area contributed by atoms with Gasteiger partial charge in [-0.1, -0.05) is 23.7 Å². The Bertz CT molecular complexity index is 652. The lowest BCUT2D eigenvalue weighted by atomic mass is 9.78. The summed E-state index contributed by atoms with van der Waals surface area (Å²) in [5.41, 5.74) is 0.104. The molecule has 0 unspecified atom stereocenters. The van der Waals surface area contributed by atoms with E-state index in [-0.39, 0.29) is 11.2 Å². The van der Waals surface area contributed by atoms with Gasteiger partial charge in [0.1, 0.15) is 0 Å². The van der Waals surface area contributed by atoms with Gasteiger partial charge >= 0.3 is 7.12 Å². The summed E-state index contributed by atoms with van der Waals surface area (Å²) in [7, 11) is -0.441. The second kappa shape index (κ2) is 5.70. The number of hydrogen-bond donors (Lipinski definition) is 0. The van der Waals surface area contributed by atoms with Gasteiger partial charge in [-0.2, -0.15) is 0 Å². The summed E-state index contributed by atoms with van der Waals surface area (Å²) in [6.45, 7) is 16.3. The molecule has 3 rings (SSSR count). The maximum Gasteiger partial charge on any atom is 0.494 e. The van der Waals surface area contributed by atoms with E-state index in [0.717, 1.165) is 11.0 Å². The molecule has 1 aromatic rings. The van der Waals surface area contributed by atoms with Crippen LogP contribution in [0.4, 0.5) is 0 Å². The van der Waals surface area contributed by atoms with Crippen molar-refractivity contribution in [3.63, 3.8) is 0 Å². The molecule has 0 bridgehead atoms. The number of benzene rings is 1. The van der Waals surface area contributed by atoms with E-state index in [4.69, 9.17) is 30.4 Å². The molecule has 0 amide bonds. The topological polar surface area (TPSA) is 36.9 Å². The van der Waals surface area contributed by atoms with Crippen LogP contribution in [0.5, 0.6) is 0 Å². The third-order valence-corrected chi connectivity index (χ3v) is 6.40. The molecule has 138 valence electrons. The molecule has 2 fully saturated rings. The van der Waals surface area contributed by atoms with Crippen molar-refractivity contribution in [1.29, 1.82) is 0 Å². The number of ether oxygens (including phenoxy) is 2. The summed E-state index contributed by atoms with van der Waals surface area (Å²) < 4.78 is 24.6. The highest BCUT2D eigenvalue weighted by Crippen LogP contribution is 2.46. The Morgan fingerprint density at radius 1 is 0.800 bits per heavy atom. The summed E-state index contributed by atoms with van der Waals surface area (Å²) in [5.74, 6) is 0. The second-order valence-corrected chi connectivity index (χ2v) is 9.36. The Hall–Kier alpha value is -0.585. The van der Waals surface area contributed by atoms with Crippen LogP contribution >= 0.6 is 11.6 Å². The SMILES string of the molecule is CC1(C)OB(c2ccc(Cl)c(C3OC(C)(C)C(C)(C)O3)c2)OC1(C)C. The van der Waals surface area contributed by atoms with Crippen molar-refractivity contribution in [2.24, 2.45) is 0 Å². The van der Waals surface area contributed by atoms with Crippen molar-refractivity contribution >= 4 is 24.2 Å². The zero-order valence-electron chi connectivity index (χ0n) is 16.4. The van der Waals surface area contributed by atoms with E-state index < -0.39 is 24.6 Å². The van der Waals surface area contributed by atoms with Crippen molar-refractivity contribution in [3.05, 3.63) is 28.8 Å². The first-order chi connectivity index (χ1) is 11.3. The summed E-state index contributed by atoms with van der Waals surface area (Å²) >= 11 is 6.44. The number of rotatable bonds is 2. The highest BCUT2D eigenvalue weighted by atomic mass is 35.5. The minimum Gasteiger partial charge on any atom is -0.399 e. The van der Waals surface area contributed by atoms with Crippen LogP contribution in [0, 0.1) is 0 Å². The van der Waals surface area contributed by atoms with Gasteiger partial charge < -0.3 is 18.8 Å². The molecule has 2 aliphatic rings. The van der Waals surface area contributed by atoms with Crippen LogP contribution < -0.4 is 5.46 Å². The molecule has 4 nitrogen and oxygen atoms in total. The molecule has 0 radical (unpaired) electrons. The normalized spacial score (nSPS) is 27.0. The highest BCUT2D eigenvalue weighted by Gasteiger charge is 2.53. The molecule has 2 saturated heterocycles. The third-order valence-electron chi connectivity index (χ3n) is 6.05. The molecule has 2 heterocycles. The molecule has 0 spiro atoms. The van der Waals surface area contributed by atoms with Gasteiger partial charge in [-0.3, -0.25) is 0 Å². The molecule has 25 heavy (non-hydrogen) atoms. The van der Waals surface area contributed by atoms with Crippen molar-refractivity contribution in [3.8, 4) is 0 Å². The van der Waals surface area contributed by atoms with Gasteiger partial charge in [0, 0.05) is 10.6 Å². The monoisotopic (exact) mass is 366 g/mol. The predicted molar refractivity (Wildman–Crippen MR) is 100 cm³/mol. The number of hydrogen-bond acceptors (Lipinski definition) is 4. The molecule has 1 aromatic carbocycles. The van der Waals surface area contributed by atoms with Crippen LogP contribution in [0.15, 0.2) is 18.2 Å². The van der Waals surface area contributed by atoms with E-state index in [1.807, 2.05) is 73.6 Å². The summed E-state index contributed by atoms with van der Waals surface area (Å²) in [6, 6.07) is 5.74. The first-order valence-corrected chi connectivity index (χ1v) is 9.14. The minimum absolute atomic E-state index is 0.387. The van der Waals surface area contributed by atoms with E-state index in [2.05, 4.69) is 0 Å². The van der Waals surface area contributed by atoms with Gasteiger partial charge in [-0.15, -0.1) is 0 Å². The average Bonchev–Trinajstić information content (AvgIpc) is 2.79. The van der Waals surface area contributed by atoms with Crippen LogP contribution in [-0.2, 0) is 18.8 Å². The van der Waals surface area contributed by atoms with Gasteiger partial charge in [0.25, 0.3) is 0 Å². The van der Waals surface area contributed by atoms with Crippen LogP contribution in [-0.4, -0.2) is 29.5 Å². The zero-order valence-corrected chi connectivity index (χ0v) is 17.2. The van der Waals surface area contributed by atoms with Crippen LogP contribution in [0.1, 0.15) is 67.2 Å². The molecule has 0 saturated carbocycles. The molecular formula is C19H28BClO4. The van der Waals surface area contributed by atoms with Crippen molar-refractivity contribution in [2.45, 2.75) is 84.1 Å². The first-order valence-electron chi connectivity index (χ1n) is 8.76.